The van der Waals surface area contributed by atoms with Crippen LogP contribution in [0, 0.1) is 11.8 Å². The molecular formula is C23H29N7OS. The Morgan fingerprint density at radius 3 is 2.91 bits per heavy atom. The lowest BCUT2D eigenvalue weighted by Gasteiger charge is -2.49. The largest absolute Gasteiger partial charge is 0.302 e. The molecule has 0 radical (unpaired) electrons. The second-order valence-electron chi connectivity index (χ2n) is 8.96. The summed E-state index contributed by atoms with van der Waals surface area (Å²) >= 11 is 1.47. The molecule has 1 N–H and O–H groups in total. The quantitative estimate of drug-likeness (QED) is 0.567. The Balaban J connectivity index is 1.14. The maximum atomic E-state index is 12.8. The van der Waals surface area contributed by atoms with Gasteiger partial charge in [0.1, 0.15) is 0 Å². The third-order valence-electron chi connectivity index (χ3n) is 6.59. The fourth-order valence-electron chi connectivity index (χ4n) is 5.05. The molecule has 2 bridgehead atoms. The zero-order chi connectivity index (χ0) is 21.9. The van der Waals surface area contributed by atoms with Crippen LogP contribution in [0.5, 0.6) is 0 Å². The lowest BCUT2D eigenvalue weighted by Crippen LogP contribution is -2.57. The number of amides is 1. The highest BCUT2D eigenvalue weighted by Gasteiger charge is 2.43. The summed E-state index contributed by atoms with van der Waals surface area (Å²) in [6.45, 7) is 4.35. The SMILES string of the molecule is CN(Cc1ccccc1)Cc1cn(C[C@H]2CC3CCN2C[C@@H]3C(=O)Nc2nccs2)nn1. The van der Waals surface area contributed by atoms with Crippen molar-refractivity contribution in [2.75, 3.05) is 25.5 Å². The number of nitrogens with zero attached hydrogens (tertiary/aromatic N) is 6. The smallest absolute Gasteiger partial charge is 0.230 e. The van der Waals surface area contributed by atoms with Crippen molar-refractivity contribution in [2.45, 2.75) is 38.5 Å². The number of thiazole rings is 1. The summed E-state index contributed by atoms with van der Waals surface area (Å²) in [7, 11) is 2.11. The van der Waals surface area contributed by atoms with Gasteiger partial charge in [0.25, 0.3) is 0 Å². The molecule has 168 valence electrons. The molecule has 2 unspecified atom stereocenters. The molecule has 0 saturated carbocycles. The second-order valence-corrected chi connectivity index (χ2v) is 9.85. The van der Waals surface area contributed by atoms with Crippen molar-refractivity contribution in [1.82, 2.24) is 29.8 Å². The third kappa shape index (κ3) is 4.90. The number of benzene rings is 1. The molecule has 3 aliphatic heterocycles. The minimum atomic E-state index is 0.0434. The molecule has 2 aromatic heterocycles. The first kappa shape index (κ1) is 21.2. The highest BCUT2D eigenvalue weighted by molar-refractivity contribution is 7.13. The van der Waals surface area contributed by atoms with Gasteiger partial charge in [-0.25, -0.2) is 4.98 Å². The number of nitrogens with one attached hydrogen (secondary N) is 1. The number of carbonyl (C=O) groups is 1. The average molecular weight is 452 g/mol. The monoisotopic (exact) mass is 451 g/mol. The normalized spacial score (nSPS) is 24.7. The van der Waals surface area contributed by atoms with Crippen molar-refractivity contribution >= 4 is 22.4 Å². The van der Waals surface area contributed by atoms with Crippen LogP contribution in [0.1, 0.15) is 24.1 Å². The van der Waals surface area contributed by atoms with E-state index in [1.54, 1.807) is 6.20 Å². The van der Waals surface area contributed by atoms with Crippen molar-refractivity contribution in [3.05, 3.63) is 59.4 Å². The molecule has 0 aliphatic carbocycles. The van der Waals surface area contributed by atoms with Gasteiger partial charge in [0.2, 0.25) is 5.91 Å². The number of piperidine rings is 3. The van der Waals surface area contributed by atoms with Crippen LogP contribution in [0.3, 0.4) is 0 Å². The van der Waals surface area contributed by atoms with Gasteiger partial charge in [0.05, 0.1) is 18.2 Å². The van der Waals surface area contributed by atoms with Crippen molar-refractivity contribution in [1.29, 1.82) is 0 Å². The summed E-state index contributed by atoms with van der Waals surface area (Å²) in [5.74, 6) is 0.574. The number of carbonyl (C=O) groups excluding carboxylic acids is 1. The van der Waals surface area contributed by atoms with Crippen LogP contribution < -0.4 is 5.32 Å². The van der Waals surface area contributed by atoms with Gasteiger partial charge in [0.15, 0.2) is 5.13 Å². The molecule has 5 heterocycles. The van der Waals surface area contributed by atoms with Gasteiger partial charge in [-0.1, -0.05) is 35.5 Å². The molecule has 3 aliphatic rings. The van der Waals surface area contributed by atoms with E-state index in [0.29, 0.717) is 17.1 Å². The van der Waals surface area contributed by atoms with Crippen LogP contribution in [-0.2, 0) is 24.4 Å². The van der Waals surface area contributed by atoms with E-state index in [4.69, 9.17) is 0 Å². The Hall–Kier alpha value is -2.62. The van der Waals surface area contributed by atoms with E-state index in [1.807, 2.05) is 16.1 Å². The Kier molecular flexibility index (Phi) is 6.29. The van der Waals surface area contributed by atoms with Gasteiger partial charge in [-0.15, -0.1) is 16.4 Å². The van der Waals surface area contributed by atoms with Crippen molar-refractivity contribution in [3.63, 3.8) is 0 Å². The van der Waals surface area contributed by atoms with E-state index in [1.165, 1.54) is 16.9 Å². The van der Waals surface area contributed by atoms with Crippen LogP contribution in [0.2, 0.25) is 0 Å². The minimum absolute atomic E-state index is 0.0434. The van der Waals surface area contributed by atoms with Crippen molar-refractivity contribution in [2.24, 2.45) is 11.8 Å². The summed E-state index contributed by atoms with van der Waals surface area (Å²) in [6.07, 6.45) is 5.90. The Bertz CT molecular complexity index is 1020. The number of hydrogen-bond acceptors (Lipinski definition) is 7. The topological polar surface area (TPSA) is 79.2 Å². The molecule has 1 aromatic carbocycles. The number of anilines is 1. The van der Waals surface area contributed by atoms with Gasteiger partial charge in [-0.2, -0.15) is 0 Å². The van der Waals surface area contributed by atoms with Gasteiger partial charge in [-0.05, 0) is 37.9 Å². The fourth-order valence-corrected chi connectivity index (χ4v) is 5.58. The molecule has 6 rings (SSSR count). The number of hydrogen-bond donors (Lipinski definition) is 1. The van der Waals surface area contributed by atoms with E-state index < -0.39 is 0 Å². The van der Waals surface area contributed by atoms with E-state index >= 15 is 0 Å². The molecule has 0 spiro atoms. The first-order valence-corrected chi connectivity index (χ1v) is 12.1. The lowest BCUT2D eigenvalue weighted by molar-refractivity contribution is -0.127. The highest BCUT2D eigenvalue weighted by atomic mass is 32.1. The zero-order valence-electron chi connectivity index (χ0n) is 18.3. The maximum absolute atomic E-state index is 12.8. The van der Waals surface area contributed by atoms with Crippen molar-refractivity contribution in [3.8, 4) is 0 Å². The summed E-state index contributed by atoms with van der Waals surface area (Å²) in [6, 6.07) is 10.9. The Morgan fingerprint density at radius 1 is 1.28 bits per heavy atom. The summed E-state index contributed by atoms with van der Waals surface area (Å²) in [4.78, 5) is 21.6. The van der Waals surface area contributed by atoms with Gasteiger partial charge in [-0.3, -0.25) is 19.3 Å². The van der Waals surface area contributed by atoms with Crippen LogP contribution in [-0.4, -0.2) is 61.9 Å². The predicted octanol–water partition coefficient (Wildman–Crippen LogP) is 2.72. The fraction of sp³-hybridized carbons (Fsp3) is 0.478. The van der Waals surface area contributed by atoms with Crippen LogP contribution in [0.25, 0.3) is 0 Å². The highest BCUT2D eigenvalue weighted by Crippen LogP contribution is 2.37. The molecule has 32 heavy (non-hydrogen) atoms. The number of rotatable bonds is 8. The molecule has 3 saturated heterocycles. The van der Waals surface area contributed by atoms with E-state index in [2.05, 4.69) is 67.9 Å². The van der Waals surface area contributed by atoms with Gasteiger partial charge >= 0.3 is 0 Å². The standard InChI is InChI=1S/C23H29N7OS/c1-28(12-17-5-3-2-4-6-17)13-19-14-30(27-26-19)15-20-11-18-7-9-29(20)16-21(18)22(31)25-23-24-8-10-32-23/h2-6,8,10,14,18,20-21H,7,9,11-13,15-16H2,1H3,(H,24,25,31)/t18?,20-,21+/m1/s1. The van der Waals surface area contributed by atoms with Crippen LogP contribution in [0.15, 0.2) is 48.1 Å². The summed E-state index contributed by atoms with van der Waals surface area (Å²) < 4.78 is 1.97. The second kappa shape index (κ2) is 9.48. The zero-order valence-corrected chi connectivity index (χ0v) is 19.1. The molecule has 9 heteroatoms. The first-order chi connectivity index (χ1) is 15.6. The first-order valence-electron chi connectivity index (χ1n) is 11.2. The summed E-state index contributed by atoms with van der Waals surface area (Å²) in [5.41, 5.74) is 2.28. The lowest BCUT2D eigenvalue weighted by atomic mass is 9.75. The van der Waals surface area contributed by atoms with Crippen LogP contribution in [0.4, 0.5) is 5.13 Å². The van der Waals surface area contributed by atoms with Crippen molar-refractivity contribution < 1.29 is 4.79 Å². The average Bonchev–Trinajstić information content (AvgIpc) is 3.47. The van der Waals surface area contributed by atoms with E-state index in [0.717, 1.165) is 51.3 Å². The molecule has 1 amide bonds. The summed E-state index contributed by atoms with van der Waals surface area (Å²) in [5, 5.41) is 14.3. The molecule has 3 fully saturated rings. The Labute approximate surface area is 192 Å². The Morgan fingerprint density at radius 2 is 2.16 bits per heavy atom. The minimum Gasteiger partial charge on any atom is -0.302 e. The molecule has 8 nitrogen and oxygen atoms in total. The maximum Gasteiger partial charge on any atom is 0.230 e. The molecule has 3 aromatic rings. The number of fused-ring (bicyclic) bond motifs is 3. The molecular weight excluding hydrogens is 422 g/mol. The number of aromatic nitrogens is 4. The predicted molar refractivity (Wildman–Crippen MR) is 124 cm³/mol. The van der Waals surface area contributed by atoms with Crippen LogP contribution >= 0.6 is 11.3 Å². The van der Waals surface area contributed by atoms with E-state index in [-0.39, 0.29) is 11.8 Å². The van der Waals surface area contributed by atoms with Gasteiger partial charge in [0, 0.05) is 43.4 Å². The molecule has 4 atom stereocenters. The third-order valence-corrected chi connectivity index (χ3v) is 7.28. The van der Waals surface area contributed by atoms with E-state index in [9.17, 15) is 4.79 Å². The van der Waals surface area contributed by atoms with Gasteiger partial charge < -0.3 is 5.32 Å².